The summed E-state index contributed by atoms with van der Waals surface area (Å²) in [6.45, 7) is 2.06. The van der Waals surface area contributed by atoms with Crippen LogP contribution in [0, 0.1) is 0 Å². The fraction of sp³-hybridized carbons (Fsp3) is 0.395. The van der Waals surface area contributed by atoms with Crippen LogP contribution in [0.3, 0.4) is 0 Å². The van der Waals surface area contributed by atoms with Crippen LogP contribution in [0.15, 0.2) is 64.6 Å². The zero-order chi connectivity index (χ0) is 42.7. The number of esters is 1. The molecular formula is C43H46N8O9S. The van der Waals surface area contributed by atoms with Gasteiger partial charge in [-0.25, -0.2) is 9.79 Å². The molecule has 5 heterocycles. The highest BCUT2D eigenvalue weighted by Gasteiger charge is 2.53. The van der Waals surface area contributed by atoms with Crippen LogP contribution in [0.2, 0.25) is 0 Å². The third kappa shape index (κ3) is 8.77. The molecule has 1 spiro atoms. The highest BCUT2D eigenvalue weighted by molar-refractivity contribution is 7.80. The van der Waals surface area contributed by atoms with Gasteiger partial charge in [0.05, 0.1) is 17.6 Å². The molecule has 4 atom stereocenters. The first-order chi connectivity index (χ1) is 29.5. The standard InChI is InChI=1S/C43H46N8O9S/c52-26-8-11-30-35(20-26)59-36-21-27(53)9-12-31(36)43(30)29-10-7-24(18-28(29)41(58)60-43)47-42(61)45-15-3-1-2-4-16-51-17-5-6-34(51)40(57)50-39(56)33(19-25-22-44-23-46-25)49-38(55)32-13-14-37(54)48-32/h7-12,18,20-23,25,32-34,52-53H,1-6,13-17,19H2,(H,48,54)(H,49,55)(H2,45,47,61)(H,50,56,57)/t25?,32-,33-,34+/m0/s1. The van der Waals surface area contributed by atoms with Gasteiger partial charge in [-0.1, -0.05) is 18.9 Å². The molecule has 17 nitrogen and oxygen atoms in total. The third-order valence-corrected chi connectivity index (χ3v) is 11.9. The monoisotopic (exact) mass is 850 g/mol. The number of nitrogens with zero attached hydrogens (tertiary/aromatic N) is 3. The number of anilines is 1. The Bertz CT molecular complexity index is 2270. The van der Waals surface area contributed by atoms with Crippen LogP contribution in [0.1, 0.15) is 84.8 Å². The summed E-state index contributed by atoms with van der Waals surface area (Å²) < 4.78 is 12.2. The van der Waals surface area contributed by atoms with Gasteiger partial charge in [0.2, 0.25) is 23.6 Å². The molecule has 0 aliphatic carbocycles. The SMILES string of the molecule is O=C1CC[C@@H](C(=O)N[C@@H](CC2C=NC=N2)C(=O)NC(=O)[C@H]2CCCN2CCCCCCNC(=S)Nc2ccc3c(c2)C(=O)OC32c3ccc(O)cc3Oc3cc(O)ccc32)N1. The number of hydrogen-bond acceptors (Lipinski definition) is 13. The number of amides is 4. The van der Waals surface area contributed by atoms with Crippen LogP contribution < -0.4 is 31.3 Å². The molecule has 318 valence electrons. The van der Waals surface area contributed by atoms with E-state index in [0.717, 1.165) is 38.6 Å². The molecule has 3 aromatic carbocycles. The minimum Gasteiger partial charge on any atom is -0.508 e. The van der Waals surface area contributed by atoms with E-state index in [1.165, 1.54) is 30.6 Å². The molecule has 7 N–H and O–H groups in total. The summed E-state index contributed by atoms with van der Waals surface area (Å²) in [6.07, 6.45) is 8.66. The molecule has 5 aliphatic heterocycles. The van der Waals surface area contributed by atoms with Crippen LogP contribution in [0.4, 0.5) is 5.69 Å². The number of aliphatic imine (C=N–C) groups is 2. The number of likely N-dealkylation sites (tertiary alicyclic amines) is 1. The van der Waals surface area contributed by atoms with Crippen LogP contribution in [-0.2, 0) is 29.5 Å². The Balaban J connectivity index is 0.785. The van der Waals surface area contributed by atoms with Crippen LogP contribution in [-0.4, -0.2) is 106 Å². The van der Waals surface area contributed by atoms with Gasteiger partial charge in [0.25, 0.3) is 0 Å². The van der Waals surface area contributed by atoms with E-state index in [1.54, 1.807) is 30.5 Å². The third-order valence-electron chi connectivity index (χ3n) is 11.6. The maximum atomic E-state index is 13.5. The summed E-state index contributed by atoms with van der Waals surface area (Å²) in [5.74, 6) is -1.69. The average molecular weight is 851 g/mol. The van der Waals surface area contributed by atoms with E-state index in [2.05, 4.69) is 41.5 Å². The normalized spacial score (nSPS) is 20.8. The van der Waals surface area contributed by atoms with Crippen molar-refractivity contribution < 1.29 is 43.7 Å². The Hall–Kier alpha value is -6.40. The summed E-state index contributed by atoms with van der Waals surface area (Å²) in [5.41, 5.74) is 1.25. The topological polar surface area (TPSA) is 232 Å². The van der Waals surface area contributed by atoms with Crippen LogP contribution in [0.25, 0.3) is 0 Å². The molecule has 0 aromatic heterocycles. The second-order valence-electron chi connectivity index (χ2n) is 15.7. The zero-order valence-electron chi connectivity index (χ0n) is 33.1. The Morgan fingerprint density at radius 1 is 0.934 bits per heavy atom. The largest absolute Gasteiger partial charge is 0.508 e. The number of carbonyl (C=O) groups excluding carboxylic acids is 5. The summed E-state index contributed by atoms with van der Waals surface area (Å²) >= 11 is 5.56. The van der Waals surface area contributed by atoms with Crippen molar-refractivity contribution in [2.45, 2.75) is 87.6 Å². The van der Waals surface area contributed by atoms with E-state index in [4.69, 9.17) is 21.7 Å². The molecule has 0 bridgehead atoms. The predicted molar refractivity (Wildman–Crippen MR) is 227 cm³/mol. The summed E-state index contributed by atoms with van der Waals surface area (Å²) in [7, 11) is 0. The van der Waals surface area contributed by atoms with Gasteiger partial charge in [0.15, 0.2) is 10.7 Å². The van der Waals surface area contributed by atoms with Crippen molar-refractivity contribution in [2.75, 3.05) is 25.0 Å². The number of nitrogens with one attached hydrogen (secondary N) is 5. The van der Waals surface area contributed by atoms with Gasteiger partial charge < -0.3 is 41.0 Å². The fourth-order valence-electron chi connectivity index (χ4n) is 8.61. The zero-order valence-corrected chi connectivity index (χ0v) is 34.0. The number of unbranched alkanes of at least 4 members (excludes halogenated alkanes) is 3. The molecule has 1 unspecified atom stereocenters. The van der Waals surface area contributed by atoms with Crippen molar-refractivity contribution in [3.8, 4) is 23.0 Å². The molecule has 18 heteroatoms. The van der Waals surface area contributed by atoms with Gasteiger partial charge in [0, 0.05) is 60.1 Å². The van der Waals surface area contributed by atoms with Gasteiger partial charge in [-0.3, -0.25) is 34.4 Å². The van der Waals surface area contributed by atoms with Gasteiger partial charge in [0.1, 0.15) is 41.4 Å². The lowest BCUT2D eigenvalue weighted by molar-refractivity contribution is -0.136. The average Bonchev–Trinajstić information content (AvgIpc) is 4.06. The second-order valence-corrected chi connectivity index (χ2v) is 16.1. The molecule has 2 saturated heterocycles. The van der Waals surface area contributed by atoms with Crippen molar-refractivity contribution in [1.82, 2.24) is 26.2 Å². The summed E-state index contributed by atoms with van der Waals surface area (Å²) in [4.78, 5) is 74.9. The lowest BCUT2D eigenvalue weighted by Gasteiger charge is -2.36. The quantitative estimate of drug-likeness (QED) is 0.0703. The van der Waals surface area contributed by atoms with Gasteiger partial charge in [-0.2, -0.15) is 0 Å². The molecular weight excluding hydrogens is 805 g/mol. The number of hydrogen-bond donors (Lipinski definition) is 7. The number of ether oxygens (including phenoxy) is 2. The van der Waals surface area contributed by atoms with E-state index in [-0.39, 0.29) is 30.2 Å². The van der Waals surface area contributed by atoms with Gasteiger partial charge >= 0.3 is 5.97 Å². The number of thiocarbonyl (C=S) groups is 1. The Morgan fingerprint density at radius 3 is 2.38 bits per heavy atom. The highest BCUT2D eigenvalue weighted by Crippen LogP contribution is 2.57. The van der Waals surface area contributed by atoms with Crippen molar-refractivity contribution in [1.29, 1.82) is 0 Å². The van der Waals surface area contributed by atoms with E-state index >= 15 is 0 Å². The number of phenolic OH excluding ortho intramolecular Hbond substituents is 2. The molecule has 0 saturated carbocycles. The molecule has 4 amide bonds. The fourth-order valence-corrected chi connectivity index (χ4v) is 8.83. The number of benzene rings is 3. The maximum absolute atomic E-state index is 13.5. The Kier molecular flexibility index (Phi) is 12.0. The molecule has 3 aromatic rings. The first-order valence-corrected chi connectivity index (χ1v) is 20.9. The van der Waals surface area contributed by atoms with E-state index in [0.29, 0.717) is 70.5 Å². The maximum Gasteiger partial charge on any atom is 0.340 e. The van der Waals surface area contributed by atoms with E-state index in [9.17, 15) is 34.2 Å². The molecule has 2 fully saturated rings. The van der Waals surface area contributed by atoms with E-state index < -0.39 is 53.5 Å². The van der Waals surface area contributed by atoms with Crippen LogP contribution in [0.5, 0.6) is 23.0 Å². The predicted octanol–water partition coefficient (Wildman–Crippen LogP) is 3.25. The van der Waals surface area contributed by atoms with Crippen molar-refractivity contribution >= 4 is 65.2 Å². The number of fused-ring (bicyclic) bond motifs is 6. The first kappa shape index (κ1) is 41.3. The number of imide groups is 1. The number of carbonyl (C=O) groups is 5. The smallest absolute Gasteiger partial charge is 0.340 e. The highest BCUT2D eigenvalue weighted by atomic mass is 32.1. The summed E-state index contributed by atoms with van der Waals surface area (Å²) in [6, 6.07) is 11.9. The molecule has 5 aliphatic rings. The van der Waals surface area contributed by atoms with Gasteiger partial charge in [-0.15, -0.1) is 0 Å². The number of aromatic hydroxyl groups is 2. The molecule has 8 rings (SSSR count). The number of phenols is 2. The second kappa shape index (κ2) is 17.7. The molecule has 0 radical (unpaired) electrons. The van der Waals surface area contributed by atoms with E-state index in [1.807, 2.05) is 6.07 Å². The minimum atomic E-state index is -1.35. The lowest BCUT2D eigenvalue weighted by atomic mass is 9.77. The van der Waals surface area contributed by atoms with Crippen molar-refractivity contribution in [2.24, 2.45) is 9.98 Å². The Labute approximate surface area is 356 Å². The van der Waals surface area contributed by atoms with Crippen molar-refractivity contribution in [3.05, 3.63) is 76.9 Å². The minimum absolute atomic E-state index is 0.0212. The lowest BCUT2D eigenvalue weighted by Crippen LogP contribution is -2.55. The first-order valence-electron chi connectivity index (χ1n) is 20.5. The van der Waals surface area contributed by atoms with Gasteiger partial charge in [-0.05, 0) is 93.8 Å². The number of rotatable bonds is 14. The Morgan fingerprint density at radius 2 is 1.67 bits per heavy atom. The summed E-state index contributed by atoms with van der Waals surface area (Å²) in [5, 5.41) is 35.0. The van der Waals surface area contributed by atoms with Crippen LogP contribution >= 0.6 is 12.2 Å². The molecule has 61 heavy (non-hydrogen) atoms. The van der Waals surface area contributed by atoms with Crippen molar-refractivity contribution in [3.63, 3.8) is 0 Å².